The minimum Gasteiger partial charge on any atom is -0.367 e. The number of benzene rings is 1. The quantitative estimate of drug-likeness (QED) is 0.561. The van der Waals surface area contributed by atoms with Gasteiger partial charge in [0.15, 0.2) is 0 Å². The van der Waals surface area contributed by atoms with Crippen LogP contribution in [0.1, 0.15) is 24.1 Å². The number of carbonyl (C=O) groups is 1. The number of pyridine rings is 2. The van der Waals surface area contributed by atoms with Crippen molar-refractivity contribution in [1.82, 2.24) is 14.9 Å². The zero-order valence-electron chi connectivity index (χ0n) is 18.5. The van der Waals surface area contributed by atoms with Crippen molar-refractivity contribution in [1.29, 1.82) is 0 Å². The molecule has 1 aliphatic heterocycles. The maximum absolute atomic E-state index is 12.5. The molecule has 0 bridgehead atoms. The van der Waals surface area contributed by atoms with Crippen molar-refractivity contribution in [2.75, 3.05) is 42.9 Å². The van der Waals surface area contributed by atoms with Gasteiger partial charge in [0.2, 0.25) is 5.91 Å². The van der Waals surface area contributed by atoms with Crippen molar-refractivity contribution >= 4 is 17.3 Å². The second-order valence-corrected chi connectivity index (χ2v) is 8.17. The summed E-state index contributed by atoms with van der Waals surface area (Å²) >= 11 is 0. The van der Waals surface area contributed by atoms with Gasteiger partial charge in [0.25, 0.3) is 0 Å². The van der Waals surface area contributed by atoms with Crippen LogP contribution in [0, 0.1) is 0 Å². The van der Waals surface area contributed by atoms with Gasteiger partial charge in [-0.2, -0.15) is 0 Å². The van der Waals surface area contributed by atoms with Crippen LogP contribution in [-0.2, 0) is 17.6 Å². The number of nitrogens with one attached hydrogen (secondary N) is 1. The second-order valence-electron chi connectivity index (χ2n) is 8.17. The minimum absolute atomic E-state index is 0.0596. The van der Waals surface area contributed by atoms with Gasteiger partial charge in [-0.3, -0.25) is 19.7 Å². The molecule has 1 amide bonds. The van der Waals surface area contributed by atoms with Gasteiger partial charge in [-0.05, 0) is 61.2 Å². The Kier molecular flexibility index (Phi) is 7.82. The van der Waals surface area contributed by atoms with Crippen molar-refractivity contribution in [2.45, 2.75) is 25.7 Å². The van der Waals surface area contributed by atoms with Gasteiger partial charge in [0.1, 0.15) is 0 Å². The molecule has 166 valence electrons. The summed E-state index contributed by atoms with van der Waals surface area (Å²) in [7, 11) is 0. The van der Waals surface area contributed by atoms with Gasteiger partial charge in [0, 0.05) is 63.4 Å². The molecule has 0 atom stereocenters. The summed E-state index contributed by atoms with van der Waals surface area (Å²) in [4.78, 5) is 25.9. The van der Waals surface area contributed by atoms with Crippen LogP contribution in [0.3, 0.4) is 0 Å². The van der Waals surface area contributed by atoms with Gasteiger partial charge in [-0.1, -0.05) is 18.2 Å². The molecule has 1 aliphatic rings. The number of aryl methyl sites for hydroxylation is 1. The predicted molar refractivity (Wildman–Crippen MR) is 129 cm³/mol. The molecular formula is C26H31N5O. The summed E-state index contributed by atoms with van der Waals surface area (Å²) in [6.45, 7) is 5.03. The molecular weight excluding hydrogens is 398 g/mol. The third-order valence-corrected chi connectivity index (χ3v) is 5.92. The Morgan fingerprint density at radius 1 is 0.875 bits per heavy atom. The Morgan fingerprint density at radius 2 is 1.66 bits per heavy atom. The highest BCUT2D eigenvalue weighted by molar-refractivity contribution is 5.94. The minimum atomic E-state index is 0.0596. The molecule has 0 radical (unpaired) electrons. The van der Waals surface area contributed by atoms with E-state index in [1.165, 1.54) is 5.56 Å². The molecule has 0 spiro atoms. The first-order valence-corrected chi connectivity index (χ1v) is 11.4. The number of piperazine rings is 1. The first-order valence-electron chi connectivity index (χ1n) is 11.4. The van der Waals surface area contributed by atoms with Crippen LogP contribution >= 0.6 is 0 Å². The highest BCUT2D eigenvalue weighted by Gasteiger charge is 2.19. The average Bonchev–Trinajstić information content (AvgIpc) is 2.85. The predicted octanol–water partition coefficient (Wildman–Crippen LogP) is 3.80. The molecule has 1 aromatic carbocycles. The highest BCUT2D eigenvalue weighted by Crippen LogP contribution is 2.27. The van der Waals surface area contributed by atoms with Gasteiger partial charge >= 0.3 is 0 Å². The van der Waals surface area contributed by atoms with Crippen LogP contribution in [0.4, 0.5) is 11.4 Å². The topological polar surface area (TPSA) is 61.4 Å². The molecule has 6 heteroatoms. The van der Waals surface area contributed by atoms with E-state index >= 15 is 0 Å². The first kappa shape index (κ1) is 22.0. The van der Waals surface area contributed by atoms with E-state index in [1.54, 1.807) is 6.20 Å². The van der Waals surface area contributed by atoms with Crippen LogP contribution in [-0.4, -0.2) is 53.5 Å². The maximum atomic E-state index is 12.5. The van der Waals surface area contributed by atoms with E-state index < -0.39 is 0 Å². The van der Waals surface area contributed by atoms with Crippen molar-refractivity contribution in [3.63, 3.8) is 0 Å². The number of anilines is 2. The van der Waals surface area contributed by atoms with E-state index in [0.29, 0.717) is 6.42 Å². The lowest BCUT2D eigenvalue weighted by Crippen LogP contribution is -2.47. The molecule has 32 heavy (non-hydrogen) atoms. The first-order chi connectivity index (χ1) is 15.8. The molecule has 0 aliphatic carbocycles. The standard InChI is InChI=1S/C26H31N5O/c32-26(10-5-7-23-6-3-4-14-28-23)29-24-8-1-2-9-25(24)31-20-18-30(19-21-31)17-13-22-11-15-27-16-12-22/h1-4,6,8-9,11-12,14-16H,5,7,10,13,17-21H2,(H,29,32). The molecule has 4 rings (SSSR count). The van der Waals surface area contributed by atoms with E-state index in [4.69, 9.17) is 0 Å². The Morgan fingerprint density at radius 3 is 2.44 bits per heavy atom. The van der Waals surface area contributed by atoms with E-state index in [9.17, 15) is 4.79 Å². The summed E-state index contributed by atoms with van der Waals surface area (Å²) in [6, 6.07) is 18.2. The van der Waals surface area contributed by atoms with Crippen LogP contribution < -0.4 is 10.2 Å². The second kappa shape index (κ2) is 11.4. The number of carbonyl (C=O) groups excluding carboxylic acids is 1. The summed E-state index contributed by atoms with van der Waals surface area (Å²) in [5.74, 6) is 0.0596. The molecule has 6 nitrogen and oxygen atoms in total. The fourth-order valence-corrected chi connectivity index (χ4v) is 4.09. The summed E-state index contributed by atoms with van der Waals surface area (Å²) < 4.78 is 0. The molecule has 0 unspecified atom stereocenters. The van der Waals surface area contributed by atoms with Crippen LogP contribution in [0.25, 0.3) is 0 Å². The fraction of sp³-hybridized carbons (Fsp3) is 0.346. The van der Waals surface area contributed by atoms with Gasteiger partial charge in [-0.15, -0.1) is 0 Å². The van der Waals surface area contributed by atoms with E-state index in [1.807, 2.05) is 48.8 Å². The SMILES string of the molecule is O=C(CCCc1ccccn1)Nc1ccccc1N1CCN(CCc2ccncc2)CC1. The van der Waals surface area contributed by atoms with Gasteiger partial charge < -0.3 is 10.2 Å². The lowest BCUT2D eigenvalue weighted by Gasteiger charge is -2.37. The van der Waals surface area contributed by atoms with Crippen molar-refractivity contribution in [3.8, 4) is 0 Å². The van der Waals surface area contributed by atoms with E-state index in [2.05, 4.69) is 43.3 Å². The van der Waals surface area contributed by atoms with Crippen LogP contribution in [0.15, 0.2) is 73.2 Å². The molecule has 1 N–H and O–H groups in total. The lowest BCUT2D eigenvalue weighted by atomic mass is 10.1. The zero-order valence-corrected chi connectivity index (χ0v) is 18.5. The Hall–Kier alpha value is -3.25. The number of rotatable bonds is 9. The molecule has 1 saturated heterocycles. The largest absolute Gasteiger partial charge is 0.367 e. The van der Waals surface area contributed by atoms with Gasteiger partial charge in [0.05, 0.1) is 11.4 Å². The number of hydrogen-bond donors (Lipinski definition) is 1. The summed E-state index contributed by atoms with van der Waals surface area (Å²) in [6.07, 6.45) is 8.67. The zero-order chi connectivity index (χ0) is 22.0. The Balaban J connectivity index is 1.25. The number of nitrogens with zero attached hydrogens (tertiary/aromatic N) is 4. The van der Waals surface area contributed by atoms with Gasteiger partial charge in [-0.25, -0.2) is 0 Å². The van der Waals surface area contributed by atoms with Crippen molar-refractivity contribution in [2.24, 2.45) is 0 Å². The fourth-order valence-electron chi connectivity index (χ4n) is 4.09. The maximum Gasteiger partial charge on any atom is 0.224 e. The molecule has 0 saturated carbocycles. The average molecular weight is 430 g/mol. The summed E-state index contributed by atoms with van der Waals surface area (Å²) in [5, 5.41) is 3.13. The van der Waals surface area contributed by atoms with E-state index in [-0.39, 0.29) is 5.91 Å². The number of hydrogen-bond acceptors (Lipinski definition) is 5. The third kappa shape index (κ3) is 6.37. The Bertz CT molecular complexity index is 972. The monoisotopic (exact) mass is 429 g/mol. The molecule has 2 aromatic heterocycles. The molecule has 1 fully saturated rings. The Labute approximate surface area is 190 Å². The lowest BCUT2D eigenvalue weighted by molar-refractivity contribution is -0.116. The van der Waals surface area contributed by atoms with E-state index in [0.717, 1.165) is 69.1 Å². The smallest absolute Gasteiger partial charge is 0.224 e. The highest BCUT2D eigenvalue weighted by atomic mass is 16.1. The normalized spacial score (nSPS) is 14.3. The van der Waals surface area contributed by atoms with Crippen LogP contribution in [0.5, 0.6) is 0 Å². The van der Waals surface area contributed by atoms with Crippen molar-refractivity contribution < 1.29 is 4.79 Å². The number of para-hydroxylation sites is 2. The number of amides is 1. The summed E-state index contributed by atoms with van der Waals surface area (Å²) in [5.41, 5.74) is 4.38. The molecule has 3 heterocycles. The third-order valence-electron chi connectivity index (χ3n) is 5.92. The number of aromatic nitrogens is 2. The van der Waals surface area contributed by atoms with Crippen LogP contribution in [0.2, 0.25) is 0 Å². The van der Waals surface area contributed by atoms with Crippen molar-refractivity contribution in [3.05, 3.63) is 84.4 Å². The molecule has 3 aromatic rings.